The largest absolute Gasteiger partial charge is 0.372 e. The quantitative estimate of drug-likeness (QED) is 0.821. The highest BCUT2D eigenvalue weighted by atomic mass is 19.1. The van der Waals surface area contributed by atoms with E-state index in [0.29, 0.717) is 12.2 Å². The Balaban J connectivity index is 2.11. The molecule has 82 valence electrons. The molecule has 1 aliphatic rings. The van der Waals surface area contributed by atoms with Crippen molar-refractivity contribution in [1.82, 2.24) is 0 Å². The van der Waals surface area contributed by atoms with Crippen LogP contribution >= 0.6 is 0 Å². The monoisotopic (exact) mass is 208 g/mol. The summed E-state index contributed by atoms with van der Waals surface area (Å²) in [6.07, 6.45) is 2.57. The van der Waals surface area contributed by atoms with Gasteiger partial charge in [-0.25, -0.2) is 4.39 Å². The van der Waals surface area contributed by atoms with Gasteiger partial charge in [-0.3, -0.25) is 0 Å². The Bertz CT molecular complexity index is 347. The van der Waals surface area contributed by atoms with E-state index in [9.17, 15) is 4.39 Å². The van der Waals surface area contributed by atoms with E-state index in [1.165, 1.54) is 18.9 Å². The number of rotatable bonds is 4. The molecule has 2 nitrogen and oxygen atoms in total. The molecule has 0 spiro atoms. The van der Waals surface area contributed by atoms with Crippen molar-refractivity contribution in [2.24, 2.45) is 11.7 Å². The van der Waals surface area contributed by atoms with Gasteiger partial charge in [0.1, 0.15) is 5.82 Å². The lowest BCUT2D eigenvalue weighted by Crippen LogP contribution is -2.21. The van der Waals surface area contributed by atoms with Crippen LogP contribution in [0.1, 0.15) is 18.4 Å². The van der Waals surface area contributed by atoms with Crippen molar-refractivity contribution >= 4 is 5.69 Å². The molecule has 0 unspecified atom stereocenters. The van der Waals surface area contributed by atoms with Crippen molar-refractivity contribution in [3.63, 3.8) is 0 Å². The molecular weight excluding hydrogens is 191 g/mol. The smallest absolute Gasteiger partial charge is 0.146 e. The van der Waals surface area contributed by atoms with Crippen LogP contribution in [0.5, 0.6) is 0 Å². The first-order valence-corrected chi connectivity index (χ1v) is 5.40. The maximum Gasteiger partial charge on any atom is 0.146 e. The summed E-state index contributed by atoms with van der Waals surface area (Å²) in [5, 5.41) is 0. The van der Waals surface area contributed by atoms with Gasteiger partial charge in [0.25, 0.3) is 0 Å². The minimum Gasteiger partial charge on any atom is -0.372 e. The highest BCUT2D eigenvalue weighted by Crippen LogP contribution is 2.31. The molecule has 0 saturated heterocycles. The van der Waals surface area contributed by atoms with Crippen LogP contribution in [0.3, 0.4) is 0 Å². The van der Waals surface area contributed by atoms with Crippen molar-refractivity contribution in [2.45, 2.75) is 19.4 Å². The Morgan fingerprint density at radius 2 is 2.20 bits per heavy atom. The molecule has 2 N–H and O–H groups in total. The SMILES string of the molecule is CN(CC1CC1)c1ccc(CN)cc1F. The van der Waals surface area contributed by atoms with Crippen LogP contribution in [0.4, 0.5) is 10.1 Å². The number of hydrogen-bond acceptors (Lipinski definition) is 2. The van der Waals surface area contributed by atoms with E-state index in [4.69, 9.17) is 5.73 Å². The molecule has 2 rings (SSSR count). The standard InChI is InChI=1S/C12H17FN2/c1-15(8-9-2-3-9)12-5-4-10(7-14)6-11(12)13/h4-6,9H,2-3,7-8,14H2,1H3. The average molecular weight is 208 g/mol. The zero-order valence-electron chi connectivity index (χ0n) is 9.04. The molecule has 1 aliphatic carbocycles. The number of halogens is 1. The van der Waals surface area contributed by atoms with Gasteiger partial charge in [-0.2, -0.15) is 0 Å². The molecule has 0 amide bonds. The van der Waals surface area contributed by atoms with Gasteiger partial charge in [-0.05, 0) is 36.5 Å². The van der Waals surface area contributed by atoms with Crippen LogP contribution in [0.2, 0.25) is 0 Å². The topological polar surface area (TPSA) is 29.3 Å². The summed E-state index contributed by atoms with van der Waals surface area (Å²) in [5.41, 5.74) is 6.98. The number of hydrogen-bond donors (Lipinski definition) is 1. The van der Waals surface area contributed by atoms with E-state index in [0.717, 1.165) is 18.0 Å². The van der Waals surface area contributed by atoms with E-state index in [1.807, 2.05) is 24.1 Å². The first-order valence-electron chi connectivity index (χ1n) is 5.40. The van der Waals surface area contributed by atoms with Crippen LogP contribution < -0.4 is 10.6 Å². The van der Waals surface area contributed by atoms with E-state index in [2.05, 4.69) is 0 Å². The van der Waals surface area contributed by atoms with Crippen LogP contribution in [0, 0.1) is 11.7 Å². The molecule has 0 radical (unpaired) electrons. The minimum atomic E-state index is -0.166. The number of anilines is 1. The molecule has 1 saturated carbocycles. The number of nitrogens with zero attached hydrogens (tertiary/aromatic N) is 1. The van der Waals surface area contributed by atoms with Crippen molar-refractivity contribution in [1.29, 1.82) is 0 Å². The van der Waals surface area contributed by atoms with Gasteiger partial charge in [-0.15, -0.1) is 0 Å². The van der Waals surface area contributed by atoms with E-state index >= 15 is 0 Å². The molecular formula is C12H17FN2. The molecule has 1 aromatic carbocycles. The van der Waals surface area contributed by atoms with Gasteiger partial charge < -0.3 is 10.6 Å². The van der Waals surface area contributed by atoms with Crippen molar-refractivity contribution < 1.29 is 4.39 Å². The lowest BCUT2D eigenvalue weighted by Gasteiger charge is -2.20. The van der Waals surface area contributed by atoms with Gasteiger partial charge >= 0.3 is 0 Å². The van der Waals surface area contributed by atoms with Crippen LogP contribution in [0.25, 0.3) is 0 Å². The first kappa shape index (κ1) is 10.4. The molecule has 0 atom stereocenters. The van der Waals surface area contributed by atoms with Gasteiger partial charge in [0.15, 0.2) is 0 Å². The average Bonchev–Trinajstić information content (AvgIpc) is 3.01. The summed E-state index contributed by atoms with van der Waals surface area (Å²) in [6, 6.07) is 5.24. The fourth-order valence-corrected chi connectivity index (χ4v) is 1.77. The summed E-state index contributed by atoms with van der Waals surface area (Å²) >= 11 is 0. The van der Waals surface area contributed by atoms with E-state index in [-0.39, 0.29) is 5.82 Å². The van der Waals surface area contributed by atoms with Crippen LogP contribution in [0.15, 0.2) is 18.2 Å². The molecule has 3 heteroatoms. The first-order chi connectivity index (χ1) is 7.20. The molecule has 1 fully saturated rings. The van der Waals surface area contributed by atoms with Gasteiger partial charge in [0.2, 0.25) is 0 Å². The third kappa shape index (κ3) is 2.48. The molecule has 0 heterocycles. The van der Waals surface area contributed by atoms with Crippen molar-refractivity contribution in [2.75, 3.05) is 18.5 Å². The predicted molar refractivity (Wildman–Crippen MR) is 60.3 cm³/mol. The predicted octanol–water partition coefficient (Wildman–Crippen LogP) is 2.13. The normalized spacial score (nSPS) is 15.4. The third-order valence-corrected chi connectivity index (χ3v) is 2.89. The fourth-order valence-electron chi connectivity index (χ4n) is 1.77. The highest BCUT2D eigenvalue weighted by Gasteiger charge is 2.23. The minimum absolute atomic E-state index is 0.166. The van der Waals surface area contributed by atoms with Crippen molar-refractivity contribution in [3.05, 3.63) is 29.6 Å². The zero-order chi connectivity index (χ0) is 10.8. The molecule has 0 aromatic heterocycles. The Hall–Kier alpha value is -1.09. The summed E-state index contributed by atoms with van der Waals surface area (Å²) in [4.78, 5) is 1.99. The zero-order valence-corrected chi connectivity index (χ0v) is 9.04. The maximum absolute atomic E-state index is 13.7. The van der Waals surface area contributed by atoms with Gasteiger partial charge in [0, 0.05) is 20.1 Å². The van der Waals surface area contributed by atoms with Gasteiger partial charge in [-0.1, -0.05) is 6.07 Å². The Labute approximate surface area is 89.9 Å². The van der Waals surface area contributed by atoms with Gasteiger partial charge in [0.05, 0.1) is 5.69 Å². The maximum atomic E-state index is 13.7. The summed E-state index contributed by atoms with van der Waals surface area (Å²) in [5.74, 6) is 0.602. The second kappa shape index (κ2) is 4.19. The number of nitrogens with two attached hydrogens (primary N) is 1. The lowest BCUT2D eigenvalue weighted by atomic mass is 10.2. The summed E-state index contributed by atoms with van der Waals surface area (Å²) < 4.78 is 13.7. The van der Waals surface area contributed by atoms with E-state index < -0.39 is 0 Å². The number of benzene rings is 1. The molecule has 1 aromatic rings. The summed E-state index contributed by atoms with van der Waals surface area (Å²) in [7, 11) is 1.94. The molecule has 0 bridgehead atoms. The Kier molecular flexibility index (Phi) is 2.91. The Morgan fingerprint density at radius 1 is 1.47 bits per heavy atom. The van der Waals surface area contributed by atoms with Crippen molar-refractivity contribution in [3.8, 4) is 0 Å². The third-order valence-electron chi connectivity index (χ3n) is 2.89. The fraction of sp³-hybridized carbons (Fsp3) is 0.500. The highest BCUT2D eigenvalue weighted by molar-refractivity contribution is 5.48. The van der Waals surface area contributed by atoms with Crippen LogP contribution in [-0.2, 0) is 6.54 Å². The van der Waals surface area contributed by atoms with E-state index in [1.54, 1.807) is 0 Å². The lowest BCUT2D eigenvalue weighted by molar-refractivity contribution is 0.617. The molecule has 15 heavy (non-hydrogen) atoms. The molecule has 0 aliphatic heterocycles. The van der Waals surface area contributed by atoms with Crippen LogP contribution in [-0.4, -0.2) is 13.6 Å². The summed E-state index contributed by atoms with van der Waals surface area (Å²) in [6.45, 7) is 1.35. The Morgan fingerprint density at radius 3 is 2.73 bits per heavy atom. The second-order valence-corrected chi connectivity index (χ2v) is 4.31. The second-order valence-electron chi connectivity index (χ2n) is 4.31.